The maximum Gasteiger partial charge on any atom is 0.248 e. The van der Waals surface area contributed by atoms with Gasteiger partial charge < -0.3 is 4.90 Å². The average Bonchev–Trinajstić information content (AvgIpc) is 3.55. The maximum atomic E-state index is 12.8. The van der Waals surface area contributed by atoms with Crippen LogP contribution < -0.4 is 0 Å². The number of pyridine rings is 1. The lowest BCUT2D eigenvalue weighted by Crippen LogP contribution is -2.36. The number of aliphatic imine (C=N–C) groups is 1. The Kier molecular flexibility index (Phi) is 3.91. The predicted molar refractivity (Wildman–Crippen MR) is 115 cm³/mol. The summed E-state index contributed by atoms with van der Waals surface area (Å²) in [5, 5.41) is 0. The van der Waals surface area contributed by atoms with Crippen molar-refractivity contribution in [3.8, 4) is 11.3 Å². The van der Waals surface area contributed by atoms with E-state index in [1.165, 1.54) is 29.5 Å². The van der Waals surface area contributed by atoms with Crippen LogP contribution in [-0.4, -0.2) is 44.3 Å². The van der Waals surface area contributed by atoms with Gasteiger partial charge in [0.2, 0.25) is 5.91 Å². The molecule has 0 saturated heterocycles. The first-order valence-electron chi connectivity index (χ1n) is 10.4. The van der Waals surface area contributed by atoms with Crippen LogP contribution in [-0.2, 0) is 11.2 Å². The van der Waals surface area contributed by atoms with Gasteiger partial charge in [-0.2, -0.15) is 0 Å². The second-order valence-electron chi connectivity index (χ2n) is 8.05. The van der Waals surface area contributed by atoms with Gasteiger partial charge in [0.25, 0.3) is 0 Å². The van der Waals surface area contributed by atoms with Gasteiger partial charge in [-0.05, 0) is 48.4 Å². The fourth-order valence-electron chi connectivity index (χ4n) is 4.48. The minimum absolute atomic E-state index is 0.0493. The second-order valence-corrected chi connectivity index (χ2v) is 8.05. The van der Waals surface area contributed by atoms with Crippen molar-refractivity contribution >= 4 is 17.4 Å². The van der Waals surface area contributed by atoms with Gasteiger partial charge in [-0.25, -0.2) is 4.98 Å². The van der Waals surface area contributed by atoms with Gasteiger partial charge in [-0.3, -0.25) is 19.3 Å². The molecule has 4 heterocycles. The van der Waals surface area contributed by atoms with E-state index in [-0.39, 0.29) is 12.5 Å². The first kappa shape index (κ1) is 17.3. The van der Waals surface area contributed by atoms with Crippen LogP contribution >= 0.6 is 0 Å². The Bertz CT molecular complexity index is 1200. The molecule has 0 radical (unpaired) electrons. The fraction of sp³-hybridized carbons (Fsp3) is 0.250. The minimum atomic E-state index is 0.0493. The molecule has 1 fully saturated rings. The van der Waals surface area contributed by atoms with Gasteiger partial charge in [0, 0.05) is 42.3 Å². The van der Waals surface area contributed by atoms with E-state index in [1.54, 1.807) is 18.7 Å². The number of amides is 1. The molecular formula is C24H21N5O. The Hall–Kier alpha value is -3.54. The summed E-state index contributed by atoms with van der Waals surface area (Å²) < 4.78 is 1.90. The van der Waals surface area contributed by atoms with E-state index in [2.05, 4.69) is 33.2 Å². The average molecular weight is 395 g/mol. The number of fused-ring (bicyclic) bond motifs is 3. The third-order valence-electron chi connectivity index (χ3n) is 6.15. The number of hydrogen-bond donors (Lipinski definition) is 0. The summed E-state index contributed by atoms with van der Waals surface area (Å²) in [6.45, 7) is 0.867. The van der Waals surface area contributed by atoms with Crippen molar-refractivity contribution in [1.29, 1.82) is 0 Å². The van der Waals surface area contributed by atoms with Crippen LogP contribution in [0.15, 0.2) is 66.3 Å². The number of imidazole rings is 1. The highest BCUT2D eigenvalue weighted by Crippen LogP contribution is 2.44. The van der Waals surface area contributed by atoms with E-state index >= 15 is 0 Å². The highest BCUT2D eigenvalue weighted by Gasteiger charge is 2.33. The SMILES string of the molecule is O=C1CN=C(n2cnc(-c3ccncc3)c2)C=C2c3cccc(C4CC4)c3CCN12. The lowest BCUT2D eigenvalue weighted by Gasteiger charge is -2.32. The van der Waals surface area contributed by atoms with Crippen LogP contribution in [0, 0.1) is 0 Å². The molecule has 148 valence electrons. The van der Waals surface area contributed by atoms with Crippen molar-refractivity contribution in [2.45, 2.75) is 25.2 Å². The molecule has 30 heavy (non-hydrogen) atoms. The van der Waals surface area contributed by atoms with Crippen LogP contribution in [0.5, 0.6) is 0 Å². The van der Waals surface area contributed by atoms with Gasteiger partial charge >= 0.3 is 0 Å². The number of carbonyl (C=O) groups is 1. The maximum absolute atomic E-state index is 12.8. The molecule has 1 amide bonds. The normalized spacial score (nSPS) is 18.3. The first-order chi connectivity index (χ1) is 14.8. The monoisotopic (exact) mass is 395 g/mol. The minimum Gasteiger partial charge on any atom is -0.310 e. The molecule has 6 nitrogen and oxygen atoms in total. The zero-order chi connectivity index (χ0) is 20.1. The molecule has 1 saturated carbocycles. The molecule has 3 aliphatic rings. The Morgan fingerprint density at radius 2 is 1.93 bits per heavy atom. The van der Waals surface area contributed by atoms with E-state index in [0.717, 1.165) is 35.8 Å². The Balaban J connectivity index is 1.43. The summed E-state index contributed by atoms with van der Waals surface area (Å²) in [5.74, 6) is 1.48. The molecule has 0 atom stereocenters. The summed E-state index contributed by atoms with van der Waals surface area (Å²) in [5.41, 5.74) is 6.85. The third kappa shape index (κ3) is 2.87. The number of allylic oxidation sites excluding steroid dienone is 1. The summed E-state index contributed by atoms with van der Waals surface area (Å²) >= 11 is 0. The van der Waals surface area contributed by atoms with E-state index in [0.29, 0.717) is 5.92 Å². The molecule has 6 heteroatoms. The lowest BCUT2D eigenvalue weighted by molar-refractivity contribution is -0.126. The van der Waals surface area contributed by atoms with Crippen molar-refractivity contribution < 1.29 is 4.79 Å². The zero-order valence-corrected chi connectivity index (χ0v) is 16.5. The Labute approximate surface area is 174 Å². The molecule has 1 aliphatic carbocycles. The van der Waals surface area contributed by atoms with Gasteiger partial charge in [0.15, 0.2) is 0 Å². The van der Waals surface area contributed by atoms with E-state index < -0.39 is 0 Å². The number of hydrogen-bond acceptors (Lipinski definition) is 4. The fourth-order valence-corrected chi connectivity index (χ4v) is 4.48. The lowest BCUT2D eigenvalue weighted by atomic mass is 9.90. The largest absolute Gasteiger partial charge is 0.310 e. The van der Waals surface area contributed by atoms with Gasteiger partial charge in [-0.15, -0.1) is 0 Å². The summed E-state index contributed by atoms with van der Waals surface area (Å²) in [7, 11) is 0. The van der Waals surface area contributed by atoms with Crippen molar-refractivity contribution in [2.75, 3.05) is 13.1 Å². The number of nitrogens with zero attached hydrogens (tertiary/aromatic N) is 5. The molecule has 3 aromatic rings. The van der Waals surface area contributed by atoms with Crippen molar-refractivity contribution in [3.05, 3.63) is 78.0 Å². The van der Waals surface area contributed by atoms with Crippen LogP contribution in [0.25, 0.3) is 17.0 Å². The first-order valence-corrected chi connectivity index (χ1v) is 10.4. The highest BCUT2D eigenvalue weighted by atomic mass is 16.2. The molecule has 2 aromatic heterocycles. The molecule has 6 rings (SSSR count). The number of aromatic nitrogens is 3. The second kappa shape index (κ2) is 6.76. The summed E-state index contributed by atoms with van der Waals surface area (Å²) in [6, 6.07) is 10.4. The number of carbonyl (C=O) groups excluding carboxylic acids is 1. The van der Waals surface area contributed by atoms with E-state index in [9.17, 15) is 4.79 Å². The number of benzene rings is 1. The van der Waals surface area contributed by atoms with Gasteiger partial charge in [0.05, 0.1) is 11.4 Å². The van der Waals surface area contributed by atoms with Crippen molar-refractivity contribution in [3.63, 3.8) is 0 Å². The Morgan fingerprint density at radius 3 is 2.77 bits per heavy atom. The summed E-state index contributed by atoms with van der Waals surface area (Å²) in [4.78, 5) is 27.9. The smallest absolute Gasteiger partial charge is 0.248 e. The van der Waals surface area contributed by atoms with E-state index in [4.69, 9.17) is 0 Å². The molecular weight excluding hydrogens is 374 g/mol. The quantitative estimate of drug-likeness (QED) is 0.667. The van der Waals surface area contributed by atoms with Gasteiger partial charge in [0.1, 0.15) is 18.7 Å². The van der Waals surface area contributed by atoms with Crippen LogP contribution in [0.3, 0.4) is 0 Å². The van der Waals surface area contributed by atoms with Crippen LogP contribution in [0.1, 0.15) is 35.4 Å². The summed E-state index contributed by atoms with van der Waals surface area (Å²) in [6.07, 6.45) is 12.7. The van der Waals surface area contributed by atoms with E-state index in [1.807, 2.05) is 33.9 Å². The third-order valence-corrected chi connectivity index (χ3v) is 6.15. The van der Waals surface area contributed by atoms with Crippen molar-refractivity contribution in [1.82, 2.24) is 19.4 Å². The molecule has 0 N–H and O–H groups in total. The Morgan fingerprint density at radius 1 is 1.07 bits per heavy atom. The molecule has 0 spiro atoms. The number of rotatable bonds is 2. The highest BCUT2D eigenvalue weighted by molar-refractivity contribution is 6.06. The topological polar surface area (TPSA) is 63.4 Å². The molecule has 1 aromatic carbocycles. The predicted octanol–water partition coefficient (Wildman–Crippen LogP) is 3.51. The van der Waals surface area contributed by atoms with Crippen LogP contribution in [0.4, 0.5) is 0 Å². The molecule has 0 bridgehead atoms. The standard InChI is InChI=1S/C24H21N5O/c30-24-13-26-23(28-14-21(27-15-28)17-6-9-25-10-7-17)12-22-20-3-1-2-18(16-4-5-16)19(20)8-11-29(22)24/h1-3,6-7,9-10,12,14-16H,4-5,8,11,13H2. The van der Waals surface area contributed by atoms with Gasteiger partial charge in [-0.1, -0.05) is 18.2 Å². The van der Waals surface area contributed by atoms with Crippen molar-refractivity contribution in [2.24, 2.45) is 4.99 Å². The zero-order valence-electron chi connectivity index (χ0n) is 16.5. The van der Waals surface area contributed by atoms with Crippen LogP contribution in [0.2, 0.25) is 0 Å². The molecule has 0 unspecified atom stereocenters. The molecule has 2 aliphatic heterocycles.